The maximum absolute atomic E-state index is 13.8. The highest BCUT2D eigenvalue weighted by atomic mass is 16.5. The first-order valence-electron chi connectivity index (χ1n) is 45.3. The Morgan fingerprint density at radius 3 is 1.10 bits per heavy atom. The molecule has 2 aromatic rings. The van der Waals surface area contributed by atoms with E-state index in [0.717, 1.165) is 89.9 Å². The lowest BCUT2D eigenvalue weighted by atomic mass is 9.80. The fourth-order valence-electron chi connectivity index (χ4n) is 14.1. The minimum absolute atomic E-state index is 0.00933. The minimum atomic E-state index is -1.20. The van der Waals surface area contributed by atoms with Crippen molar-refractivity contribution < 1.29 is 107 Å². The molecule has 18 N–H and O–H groups in total. The lowest BCUT2D eigenvalue weighted by Gasteiger charge is -2.23. The number of Topliss-reactive ketones (excluding diaryl/α,β-unsaturated/α-hetero) is 5. The van der Waals surface area contributed by atoms with Gasteiger partial charge in [-0.05, 0) is 177 Å². The number of ketones is 5. The van der Waals surface area contributed by atoms with Crippen molar-refractivity contribution in [2.45, 2.75) is 353 Å². The summed E-state index contributed by atoms with van der Waals surface area (Å²) in [4.78, 5) is 187. The molecule has 31 nitrogen and oxygen atoms in total. The number of hydrogen-bond acceptors (Lipinski definition) is 21. The lowest BCUT2D eigenvalue weighted by molar-refractivity contribution is -0.145. The highest BCUT2D eigenvalue weighted by Crippen LogP contribution is 2.28. The molecule has 0 heterocycles. The van der Waals surface area contributed by atoms with Gasteiger partial charge < -0.3 is 84.5 Å². The fourth-order valence-corrected chi connectivity index (χ4v) is 14.1. The zero-order valence-corrected chi connectivity index (χ0v) is 73.7. The number of hydrogen-bond donors (Lipinski definition) is 14. The van der Waals surface area contributed by atoms with Crippen LogP contribution in [-0.4, -0.2) is 183 Å². The summed E-state index contributed by atoms with van der Waals surface area (Å²) in [5.41, 5.74) is 24.4. The molecule has 0 radical (unpaired) electrons. The molecule has 0 unspecified atom stereocenters. The number of aromatic carboxylic acids is 2. The molecule has 0 aliphatic carbocycles. The van der Waals surface area contributed by atoms with Gasteiger partial charge in [-0.2, -0.15) is 0 Å². The summed E-state index contributed by atoms with van der Waals surface area (Å²) in [5, 5.41) is 61.4. The first-order valence-corrected chi connectivity index (χ1v) is 45.3. The molecule has 5 amide bonds. The van der Waals surface area contributed by atoms with Gasteiger partial charge in [0.15, 0.2) is 0 Å². The van der Waals surface area contributed by atoms with Crippen LogP contribution in [0.3, 0.4) is 0 Å². The summed E-state index contributed by atoms with van der Waals surface area (Å²) in [6.07, 6.45) is 25.2. The first kappa shape index (κ1) is 110. The Bertz CT molecular complexity index is 3480. The van der Waals surface area contributed by atoms with Gasteiger partial charge in [0.25, 0.3) is 0 Å². The van der Waals surface area contributed by atoms with Crippen LogP contribution in [0.15, 0.2) is 48.5 Å². The van der Waals surface area contributed by atoms with Gasteiger partial charge in [-0.25, -0.2) is 14.4 Å². The number of carboxylic acid groups (broad SMARTS) is 5. The van der Waals surface area contributed by atoms with E-state index in [1.165, 1.54) is 24.3 Å². The van der Waals surface area contributed by atoms with E-state index in [0.29, 0.717) is 179 Å². The summed E-state index contributed by atoms with van der Waals surface area (Å²) >= 11 is 0. The standard InChI is InChI=1S/C92H149N9O22/c1-92(2,3)81(106)64-67(34-24-28-57-98-86(111)77(96)41-27-31-59-100-85(110)75(94)39-20-16-19-36-70(102)49-54-78(91(120)121)101-83(108)43-23-13-9-5-7-11-15-33-61-123-73-52-46-66(47-53-73)88(114)115)80(105)63-68(89(116)117)35-25-29-58-99-84(109)76(95)40-21-17-22-42-79(104)74(93)38-26-30-56-97-82(107)55-48-69(90(118)119)62-71(103)37-18-12-8-4-6-10-14-32-60-122-72-50-44-65(45-51-72)87(112)113/h44-47,50-53,67-69,74-78H,4-43,48-49,54-64,93-96H2,1-3H3,(H,97,107)(H,98,111)(H,99,109)(H,100,110)(H,101,108)(H,112,113)(H,114,115)(H,116,117)(H,118,119)(H,120,121)/t67-,68-,69-,74+,75+,76+,77+,78+/m1/s1. The summed E-state index contributed by atoms with van der Waals surface area (Å²) < 4.78 is 11.3. The maximum atomic E-state index is 13.8. The van der Waals surface area contributed by atoms with Gasteiger partial charge in [-0.15, -0.1) is 0 Å². The number of aliphatic carboxylic acids is 3. The van der Waals surface area contributed by atoms with Gasteiger partial charge in [0.05, 0.1) is 60.3 Å². The van der Waals surface area contributed by atoms with E-state index < -0.39 is 83.2 Å². The Balaban J connectivity index is 1.53. The number of unbranched alkanes of at least 4 members (excludes halogenated alkanes) is 22. The van der Waals surface area contributed by atoms with E-state index in [9.17, 15) is 87.2 Å². The van der Waals surface area contributed by atoms with Crippen molar-refractivity contribution in [1.29, 1.82) is 0 Å². The van der Waals surface area contributed by atoms with E-state index in [1.807, 2.05) is 0 Å². The first-order chi connectivity index (χ1) is 58.7. The maximum Gasteiger partial charge on any atom is 0.335 e. The van der Waals surface area contributed by atoms with Crippen LogP contribution in [-0.2, 0) is 62.3 Å². The van der Waals surface area contributed by atoms with E-state index in [1.54, 1.807) is 45.0 Å². The average molecular weight is 1730 g/mol. The molecule has 0 bridgehead atoms. The Kier molecular flexibility index (Phi) is 59.4. The second-order valence-corrected chi connectivity index (χ2v) is 33.9. The summed E-state index contributed by atoms with van der Waals surface area (Å²) in [6.45, 7) is 7.53. The third-order valence-electron chi connectivity index (χ3n) is 22.2. The van der Waals surface area contributed by atoms with Gasteiger partial charge in [0, 0.05) is 95.3 Å². The number of amides is 5. The van der Waals surface area contributed by atoms with Crippen LogP contribution >= 0.6 is 0 Å². The van der Waals surface area contributed by atoms with Crippen molar-refractivity contribution in [2.75, 3.05) is 39.4 Å². The summed E-state index contributed by atoms with van der Waals surface area (Å²) in [6, 6.07) is 8.43. The molecule has 123 heavy (non-hydrogen) atoms. The number of carbonyl (C=O) groups is 15. The van der Waals surface area contributed by atoms with Crippen LogP contribution in [0.25, 0.3) is 0 Å². The number of carboxylic acids is 5. The van der Waals surface area contributed by atoms with Gasteiger partial charge >= 0.3 is 29.8 Å². The van der Waals surface area contributed by atoms with Crippen molar-refractivity contribution in [3.8, 4) is 11.5 Å². The molecule has 8 atom stereocenters. The number of nitrogens with one attached hydrogen (secondary N) is 5. The van der Waals surface area contributed by atoms with E-state index in [2.05, 4.69) is 26.6 Å². The molecular formula is C92H149N9O22. The molecule has 2 aromatic carbocycles. The van der Waals surface area contributed by atoms with Crippen molar-refractivity contribution in [3.05, 3.63) is 59.7 Å². The highest BCUT2D eigenvalue weighted by molar-refractivity contribution is 5.92. The molecule has 0 saturated carbocycles. The van der Waals surface area contributed by atoms with Gasteiger partial charge in [-0.3, -0.25) is 57.5 Å². The number of ether oxygens (including phenoxy) is 2. The molecule has 0 aliphatic heterocycles. The van der Waals surface area contributed by atoms with Crippen LogP contribution in [0.5, 0.6) is 11.5 Å². The van der Waals surface area contributed by atoms with Crippen molar-refractivity contribution in [2.24, 2.45) is 46.1 Å². The molecule has 0 aliphatic rings. The predicted molar refractivity (Wildman–Crippen MR) is 469 cm³/mol. The Labute approximate surface area is 727 Å². The summed E-state index contributed by atoms with van der Waals surface area (Å²) in [7, 11) is 0. The fraction of sp³-hybridized carbons (Fsp3) is 0.707. The molecule has 0 saturated heterocycles. The largest absolute Gasteiger partial charge is 0.494 e. The summed E-state index contributed by atoms with van der Waals surface area (Å²) in [5.74, 6) is -9.32. The third kappa shape index (κ3) is 55.0. The van der Waals surface area contributed by atoms with Crippen LogP contribution in [0, 0.1) is 23.2 Å². The van der Waals surface area contributed by atoms with Crippen LogP contribution in [0.1, 0.15) is 343 Å². The molecule has 694 valence electrons. The van der Waals surface area contributed by atoms with E-state index in [4.69, 9.17) is 42.6 Å². The monoisotopic (exact) mass is 1730 g/mol. The van der Waals surface area contributed by atoms with Crippen LogP contribution in [0.2, 0.25) is 0 Å². The van der Waals surface area contributed by atoms with Gasteiger partial charge in [-0.1, -0.05) is 136 Å². The Morgan fingerprint density at radius 2 is 0.675 bits per heavy atom. The Morgan fingerprint density at radius 1 is 0.317 bits per heavy atom. The van der Waals surface area contributed by atoms with Crippen molar-refractivity contribution in [1.82, 2.24) is 26.6 Å². The molecule has 31 heteroatoms. The van der Waals surface area contributed by atoms with Crippen LogP contribution < -0.4 is 59.0 Å². The van der Waals surface area contributed by atoms with Crippen molar-refractivity contribution in [3.63, 3.8) is 0 Å². The Hall–Kier alpha value is -9.07. The van der Waals surface area contributed by atoms with E-state index in [-0.39, 0.29) is 153 Å². The average Bonchev–Trinajstić information content (AvgIpc) is 0.862. The lowest BCUT2D eigenvalue weighted by Crippen LogP contribution is -2.42. The second kappa shape index (κ2) is 66.4. The predicted octanol–water partition coefficient (Wildman–Crippen LogP) is 12.1. The molecule has 0 aromatic heterocycles. The molecule has 0 fully saturated rings. The topological polar surface area (TPSA) is 540 Å². The third-order valence-corrected chi connectivity index (χ3v) is 22.2. The number of rotatable bonds is 79. The number of carbonyl (C=O) groups excluding carboxylic acids is 10. The second-order valence-electron chi connectivity index (χ2n) is 33.9. The molecular weight excluding hydrogens is 1580 g/mol. The molecule has 2 rings (SSSR count). The van der Waals surface area contributed by atoms with Crippen molar-refractivity contribution >= 4 is 88.3 Å². The molecule has 0 spiro atoms. The van der Waals surface area contributed by atoms with E-state index >= 15 is 0 Å². The quantitative estimate of drug-likeness (QED) is 0.0274. The number of benzene rings is 2. The zero-order chi connectivity index (χ0) is 91.2. The van der Waals surface area contributed by atoms with Crippen LogP contribution in [0.4, 0.5) is 0 Å². The highest BCUT2D eigenvalue weighted by Gasteiger charge is 2.32. The van der Waals surface area contributed by atoms with Gasteiger partial charge in [0.1, 0.15) is 46.5 Å². The zero-order valence-electron chi connectivity index (χ0n) is 73.7. The normalized spacial score (nSPS) is 13.3. The number of nitrogens with two attached hydrogens (primary N) is 4. The SMILES string of the molecule is CC(C)(C)C(=O)C[C@@H](CCCCNC(=O)[C@@H](N)CCCCNC(=O)[C@@H](N)CCCCCC(=O)CC[C@H](NC(=O)CCCCCCCCCCOc1ccc(C(=O)O)cc1)C(=O)O)C(=O)C[C@@H](CCCCNC(=O)[C@@H](N)CCCCCC(=O)[C@@H](N)CCCCNC(=O)CC[C@H](CC(=O)CCCCCCCCCCOc1ccc(C(=O)O)cc1)C(=O)O)C(=O)O. The smallest absolute Gasteiger partial charge is 0.335 e. The minimum Gasteiger partial charge on any atom is -0.494 e. The van der Waals surface area contributed by atoms with Gasteiger partial charge in [0.2, 0.25) is 29.5 Å².